The van der Waals surface area contributed by atoms with Gasteiger partial charge in [0.05, 0.1) is 0 Å². The molecule has 2 heteroatoms. The lowest BCUT2D eigenvalue weighted by molar-refractivity contribution is 1.42. The van der Waals surface area contributed by atoms with E-state index in [-0.39, 0.29) is 0 Å². The molecule has 0 amide bonds. The summed E-state index contributed by atoms with van der Waals surface area (Å²) in [7, 11) is 0. The van der Waals surface area contributed by atoms with Gasteiger partial charge in [-0.25, -0.2) is 0 Å². The maximum atomic E-state index is 7.78. The molecule has 0 saturated heterocycles. The van der Waals surface area contributed by atoms with Gasteiger partial charge in [-0.05, 0) is 18.2 Å². The normalized spacial score (nSPS) is 10.0. The second-order valence-corrected chi connectivity index (χ2v) is 4.26. The van der Waals surface area contributed by atoms with E-state index >= 15 is 0 Å². The van der Waals surface area contributed by atoms with Gasteiger partial charge in [0.25, 0.3) is 0 Å². The largest absolute Gasteiger partial charge is 0.304 e. The molecule has 0 unspecified atom stereocenters. The van der Waals surface area contributed by atoms with Crippen LogP contribution in [0.4, 0.5) is 0 Å². The van der Waals surface area contributed by atoms with E-state index in [1.165, 1.54) is 5.56 Å². The van der Waals surface area contributed by atoms with Crippen LogP contribution in [0.5, 0.6) is 0 Å². The molecule has 0 aliphatic rings. The fraction of sp³-hybridized carbons (Fsp3) is 0.364. The lowest BCUT2D eigenvalue weighted by atomic mass is 10.1. The Morgan fingerprint density at radius 2 is 1.92 bits per heavy atom. The molecule has 0 aliphatic heterocycles. The number of hydrogen-bond acceptors (Lipinski definition) is 2. The third-order valence-electron chi connectivity index (χ3n) is 1.85. The molecule has 1 nitrogen and oxygen atoms in total. The zero-order valence-corrected chi connectivity index (χ0v) is 8.95. The molecule has 13 heavy (non-hydrogen) atoms. The first kappa shape index (κ1) is 10.3. The Morgan fingerprint density at radius 1 is 1.31 bits per heavy atom. The molecule has 0 radical (unpaired) electrons. The zero-order chi connectivity index (χ0) is 9.68. The summed E-state index contributed by atoms with van der Waals surface area (Å²) >= 11 is 1.79. The van der Waals surface area contributed by atoms with Crippen molar-refractivity contribution < 1.29 is 0 Å². The molecular weight excluding hydrogens is 178 g/mol. The highest BCUT2D eigenvalue weighted by Crippen LogP contribution is 2.08. The quantitative estimate of drug-likeness (QED) is 0.730. The predicted molar refractivity (Wildman–Crippen MR) is 61.0 cm³/mol. The van der Waals surface area contributed by atoms with Crippen LogP contribution in [-0.4, -0.2) is 17.2 Å². The minimum atomic E-state index is 0.729. The van der Waals surface area contributed by atoms with Gasteiger partial charge in [0.1, 0.15) is 0 Å². The van der Waals surface area contributed by atoms with E-state index in [1.54, 1.807) is 11.8 Å². The highest BCUT2D eigenvalue weighted by atomic mass is 32.2. The Hall–Kier alpha value is -0.760. The molecule has 0 spiro atoms. The highest BCUT2D eigenvalue weighted by molar-refractivity contribution is 7.99. The predicted octanol–water partition coefficient (Wildman–Crippen LogP) is 3.12. The van der Waals surface area contributed by atoms with Crippen LogP contribution in [0, 0.1) is 12.3 Å². The minimum absolute atomic E-state index is 0.729. The van der Waals surface area contributed by atoms with Crippen LogP contribution in [0.15, 0.2) is 24.3 Å². The van der Waals surface area contributed by atoms with Crippen molar-refractivity contribution in [2.45, 2.75) is 13.8 Å². The molecule has 0 fully saturated rings. The summed E-state index contributed by atoms with van der Waals surface area (Å²) in [6.45, 7) is 4.18. The molecule has 0 saturated carbocycles. The molecule has 0 aliphatic carbocycles. The molecule has 1 aromatic carbocycles. The van der Waals surface area contributed by atoms with Crippen LogP contribution < -0.4 is 0 Å². The number of nitrogens with one attached hydrogen (secondary N) is 1. The van der Waals surface area contributed by atoms with E-state index in [2.05, 4.69) is 26.0 Å². The van der Waals surface area contributed by atoms with Crippen molar-refractivity contribution >= 4 is 17.5 Å². The summed E-state index contributed by atoms with van der Waals surface area (Å²) in [6.07, 6.45) is 0. The second kappa shape index (κ2) is 5.07. The van der Waals surface area contributed by atoms with E-state index in [9.17, 15) is 0 Å². The highest BCUT2D eigenvalue weighted by Gasteiger charge is 1.99. The number of hydrogen-bond donors (Lipinski definition) is 1. The van der Waals surface area contributed by atoms with Gasteiger partial charge < -0.3 is 5.41 Å². The van der Waals surface area contributed by atoms with E-state index < -0.39 is 0 Å². The molecule has 0 atom stereocenters. The van der Waals surface area contributed by atoms with Crippen LogP contribution in [0.2, 0.25) is 0 Å². The van der Waals surface area contributed by atoms with Crippen molar-refractivity contribution in [3.05, 3.63) is 35.4 Å². The van der Waals surface area contributed by atoms with Gasteiger partial charge in [-0.15, -0.1) is 0 Å². The number of rotatable bonds is 4. The molecular formula is C11H15NS. The Kier molecular flexibility index (Phi) is 4.03. The second-order valence-electron chi connectivity index (χ2n) is 2.98. The summed E-state index contributed by atoms with van der Waals surface area (Å²) in [5.74, 6) is 1.90. The average Bonchev–Trinajstić information content (AvgIpc) is 2.15. The van der Waals surface area contributed by atoms with Gasteiger partial charge in [0, 0.05) is 11.5 Å². The van der Waals surface area contributed by atoms with Crippen LogP contribution in [-0.2, 0) is 0 Å². The number of thioether (sulfide) groups is 1. The average molecular weight is 193 g/mol. The van der Waals surface area contributed by atoms with Crippen molar-refractivity contribution in [2.24, 2.45) is 0 Å². The van der Waals surface area contributed by atoms with Gasteiger partial charge in [-0.2, -0.15) is 11.8 Å². The van der Waals surface area contributed by atoms with Crippen molar-refractivity contribution in [2.75, 3.05) is 11.5 Å². The molecule has 70 valence electrons. The SMILES string of the molecule is CCSCC(=N)c1ccc(C)cc1. The van der Waals surface area contributed by atoms with Crippen molar-refractivity contribution in [3.8, 4) is 0 Å². The monoisotopic (exact) mass is 193 g/mol. The number of benzene rings is 1. The summed E-state index contributed by atoms with van der Waals surface area (Å²) in [5.41, 5.74) is 3.03. The van der Waals surface area contributed by atoms with E-state index in [0.29, 0.717) is 0 Å². The Bertz CT molecular complexity index is 277. The Labute approximate surface area is 84.1 Å². The van der Waals surface area contributed by atoms with Crippen molar-refractivity contribution in [1.82, 2.24) is 0 Å². The standard InChI is InChI=1S/C11H15NS/c1-3-13-8-11(12)10-6-4-9(2)5-7-10/h4-7,12H,3,8H2,1-2H3. The van der Waals surface area contributed by atoms with Gasteiger partial charge in [0.2, 0.25) is 0 Å². The molecule has 0 bridgehead atoms. The third kappa shape index (κ3) is 3.23. The Balaban J connectivity index is 2.61. The molecule has 1 aromatic rings. The summed E-state index contributed by atoms with van der Waals surface area (Å²) < 4.78 is 0. The lowest BCUT2D eigenvalue weighted by Gasteiger charge is -2.02. The van der Waals surface area contributed by atoms with Crippen molar-refractivity contribution in [3.63, 3.8) is 0 Å². The summed E-state index contributed by atoms with van der Waals surface area (Å²) in [6, 6.07) is 8.16. The summed E-state index contributed by atoms with van der Waals surface area (Å²) in [5, 5.41) is 7.78. The van der Waals surface area contributed by atoms with Gasteiger partial charge in [0.15, 0.2) is 0 Å². The van der Waals surface area contributed by atoms with E-state index in [4.69, 9.17) is 5.41 Å². The zero-order valence-electron chi connectivity index (χ0n) is 8.13. The van der Waals surface area contributed by atoms with Gasteiger partial charge in [-0.3, -0.25) is 0 Å². The first-order chi connectivity index (χ1) is 6.24. The summed E-state index contributed by atoms with van der Waals surface area (Å²) in [4.78, 5) is 0. The maximum Gasteiger partial charge on any atom is 0.0485 e. The molecule has 1 rings (SSSR count). The fourth-order valence-corrected chi connectivity index (χ4v) is 1.62. The van der Waals surface area contributed by atoms with Crippen LogP contribution in [0.3, 0.4) is 0 Å². The van der Waals surface area contributed by atoms with Gasteiger partial charge in [-0.1, -0.05) is 36.8 Å². The first-order valence-electron chi connectivity index (χ1n) is 4.46. The van der Waals surface area contributed by atoms with Crippen molar-refractivity contribution in [1.29, 1.82) is 5.41 Å². The van der Waals surface area contributed by atoms with Gasteiger partial charge >= 0.3 is 0 Å². The minimum Gasteiger partial charge on any atom is -0.304 e. The van der Waals surface area contributed by atoms with Crippen LogP contribution in [0.1, 0.15) is 18.1 Å². The van der Waals surface area contributed by atoms with E-state index in [0.717, 1.165) is 22.8 Å². The number of aryl methyl sites for hydroxylation is 1. The third-order valence-corrected chi connectivity index (χ3v) is 2.75. The molecule has 1 N–H and O–H groups in total. The molecule has 0 aromatic heterocycles. The van der Waals surface area contributed by atoms with E-state index in [1.807, 2.05) is 12.1 Å². The van der Waals surface area contributed by atoms with Crippen LogP contribution in [0.25, 0.3) is 0 Å². The topological polar surface area (TPSA) is 23.9 Å². The fourth-order valence-electron chi connectivity index (χ4n) is 1.04. The smallest absolute Gasteiger partial charge is 0.0485 e. The van der Waals surface area contributed by atoms with Crippen LogP contribution >= 0.6 is 11.8 Å². The molecule has 0 heterocycles. The Morgan fingerprint density at radius 3 is 2.46 bits per heavy atom. The lowest BCUT2D eigenvalue weighted by Crippen LogP contribution is -2.02. The first-order valence-corrected chi connectivity index (χ1v) is 5.61. The maximum absolute atomic E-state index is 7.78.